The van der Waals surface area contributed by atoms with Crippen molar-refractivity contribution >= 4 is 17.6 Å². The first-order chi connectivity index (χ1) is 11.1. The minimum absolute atomic E-state index is 0.562. The Balaban J connectivity index is 1.84. The van der Waals surface area contributed by atoms with Crippen molar-refractivity contribution in [2.75, 3.05) is 20.1 Å². The molecule has 7 heteroatoms. The van der Waals surface area contributed by atoms with Crippen molar-refractivity contribution < 1.29 is 4.52 Å². The van der Waals surface area contributed by atoms with Gasteiger partial charge in [-0.15, -0.1) is 0 Å². The van der Waals surface area contributed by atoms with Crippen molar-refractivity contribution in [3.63, 3.8) is 0 Å². The highest BCUT2D eigenvalue weighted by molar-refractivity contribution is 6.30. The Morgan fingerprint density at radius 1 is 1.26 bits per heavy atom. The first kappa shape index (κ1) is 17.3. The molecule has 124 valence electrons. The second-order valence-corrected chi connectivity index (χ2v) is 5.98. The molecule has 2 rings (SSSR count). The molecule has 0 spiro atoms. The normalized spacial score (nSPS) is 11.8. The fourth-order valence-electron chi connectivity index (χ4n) is 1.88. The first-order valence-corrected chi connectivity index (χ1v) is 7.99. The highest BCUT2D eigenvalue weighted by Gasteiger charge is 2.08. The summed E-state index contributed by atoms with van der Waals surface area (Å²) in [5.74, 6) is 2.49. The predicted octanol–water partition coefficient (Wildman–Crippen LogP) is 2.75. The van der Waals surface area contributed by atoms with Gasteiger partial charge in [0.1, 0.15) is 0 Å². The third-order valence-electron chi connectivity index (χ3n) is 3.10. The van der Waals surface area contributed by atoms with Gasteiger partial charge in [-0.1, -0.05) is 30.6 Å². The molecule has 2 N–H and O–H groups in total. The number of halogens is 1. The van der Waals surface area contributed by atoms with Gasteiger partial charge in [0.15, 0.2) is 5.96 Å². The van der Waals surface area contributed by atoms with Crippen LogP contribution in [0.1, 0.15) is 19.7 Å². The Labute approximate surface area is 141 Å². The van der Waals surface area contributed by atoms with Gasteiger partial charge in [0.2, 0.25) is 11.7 Å². The van der Waals surface area contributed by atoms with Crippen LogP contribution in [0.2, 0.25) is 5.02 Å². The SMILES string of the molecule is CN=C(NCCc1nc(-c2ccc(Cl)cc2)no1)NCC(C)C. The van der Waals surface area contributed by atoms with Crippen LogP contribution in [-0.2, 0) is 6.42 Å². The molecule has 0 aliphatic carbocycles. The van der Waals surface area contributed by atoms with Gasteiger partial charge in [0, 0.05) is 37.1 Å². The number of rotatable bonds is 6. The van der Waals surface area contributed by atoms with Gasteiger partial charge >= 0.3 is 0 Å². The van der Waals surface area contributed by atoms with Gasteiger partial charge in [-0.3, -0.25) is 4.99 Å². The molecule has 1 aromatic carbocycles. The second kappa shape index (κ2) is 8.53. The number of guanidine groups is 1. The van der Waals surface area contributed by atoms with Gasteiger partial charge in [-0.05, 0) is 30.2 Å². The lowest BCUT2D eigenvalue weighted by molar-refractivity contribution is 0.378. The van der Waals surface area contributed by atoms with Gasteiger partial charge in [-0.25, -0.2) is 0 Å². The maximum Gasteiger partial charge on any atom is 0.228 e. The Morgan fingerprint density at radius 3 is 2.65 bits per heavy atom. The van der Waals surface area contributed by atoms with E-state index in [1.54, 1.807) is 19.2 Å². The topological polar surface area (TPSA) is 75.3 Å². The summed E-state index contributed by atoms with van der Waals surface area (Å²) < 4.78 is 5.27. The summed E-state index contributed by atoms with van der Waals surface area (Å²) >= 11 is 5.87. The fourth-order valence-corrected chi connectivity index (χ4v) is 2.01. The summed E-state index contributed by atoms with van der Waals surface area (Å²) in [4.78, 5) is 8.55. The third-order valence-corrected chi connectivity index (χ3v) is 3.36. The summed E-state index contributed by atoms with van der Waals surface area (Å²) in [5, 5.41) is 11.1. The highest BCUT2D eigenvalue weighted by Crippen LogP contribution is 2.18. The fraction of sp³-hybridized carbons (Fsp3) is 0.438. The molecule has 0 radical (unpaired) electrons. The Bertz CT molecular complexity index is 636. The lowest BCUT2D eigenvalue weighted by Crippen LogP contribution is -2.39. The summed E-state index contributed by atoms with van der Waals surface area (Å²) in [6, 6.07) is 7.34. The van der Waals surface area contributed by atoms with Crippen LogP contribution in [0.3, 0.4) is 0 Å². The van der Waals surface area contributed by atoms with E-state index in [1.165, 1.54) is 0 Å². The van der Waals surface area contributed by atoms with Crippen molar-refractivity contribution in [1.82, 2.24) is 20.8 Å². The lowest BCUT2D eigenvalue weighted by Gasteiger charge is -2.12. The van der Waals surface area contributed by atoms with Crippen LogP contribution in [0, 0.1) is 5.92 Å². The molecule has 0 saturated carbocycles. The molecule has 1 aromatic heterocycles. The van der Waals surface area contributed by atoms with Gasteiger partial charge in [0.25, 0.3) is 0 Å². The summed E-state index contributed by atoms with van der Waals surface area (Å²) in [6.07, 6.45) is 0.628. The molecule has 0 unspecified atom stereocenters. The zero-order valence-corrected chi connectivity index (χ0v) is 14.4. The maximum absolute atomic E-state index is 5.87. The Morgan fingerprint density at radius 2 is 2.00 bits per heavy atom. The summed E-state index contributed by atoms with van der Waals surface area (Å²) in [5.41, 5.74) is 0.881. The lowest BCUT2D eigenvalue weighted by atomic mass is 10.2. The highest BCUT2D eigenvalue weighted by atomic mass is 35.5. The Hall–Kier alpha value is -2.08. The molecule has 0 bridgehead atoms. The molecule has 0 aliphatic heterocycles. The number of benzene rings is 1. The van der Waals surface area contributed by atoms with Crippen molar-refractivity contribution in [3.05, 3.63) is 35.2 Å². The van der Waals surface area contributed by atoms with E-state index >= 15 is 0 Å². The van der Waals surface area contributed by atoms with Crippen molar-refractivity contribution in [2.45, 2.75) is 20.3 Å². The van der Waals surface area contributed by atoms with Crippen molar-refractivity contribution in [2.24, 2.45) is 10.9 Å². The zero-order chi connectivity index (χ0) is 16.7. The van der Waals surface area contributed by atoms with Crippen LogP contribution in [0.5, 0.6) is 0 Å². The van der Waals surface area contributed by atoms with Crippen LogP contribution in [0.15, 0.2) is 33.8 Å². The van der Waals surface area contributed by atoms with E-state index < -0.39 is 0 Å². The monoisotopic (exact) mass is 335 g/mol. The minimum atomic E-state index is 0.562. The average Bonchev–Trinajstić information content (AvgIpc) is 3.00. The number of nitrogens with one attached hydrogen (secondary N) is 2. The molecule has 0 atom stereocenters. The van der Waals surface area contributed by atoms with Gasteiger partial charge in [-0.2, -0.15) is 4.98 Å². The van der Waals surface area contributed by atoms with Gasteiger partial charge < -0.3 is 15.2 Å². The van der Waals surface area contributed by atoms with E-state index in [4.69, 9.17) is 16.1 Å². The number of hydrogen-bond donors (Lipinski definition) is 2. The van der Waals surface area contributed by atoms with Crippen molar-refractivity contribution in [3.8, 4) is 11.4 Å². The summed E-state index contributed by atoms with van der Waals surface area (Å²) in [6.45, 7) is 5.84. The van der Waals surface area contributed by atoms with E-state index in [0.717, 1.165) is 18.1 Å². The molecule has 0 saturated heterocycles. The number of aliphatic imine (C=N–C) groups is 1. The van der Waals surface area contributed by atoms with E-state index in [9.17, 15) is 0 Å². The molecule has 1 heterocycles. The number of nitrogens with zero attached hydrogens (tertiary/aromatic N) is 3. The van der Waals surface area contributed by atoms with Crippen LogP contribution in [0.25, 0.3) is 11.4 Å². The Kier molecular flexibility index (Phi) is 6.40. The van der Waals surface area contributed by atoms with E-state index in [1.807, 2.05) is 12.1 Å². The van der Waals surface area contributed by atoms with E-state index in [2.05, 4.69) is 39.6 Å². The molecule has 0 fully saturated rings. The van der Waals surface area contributed by atoms with E-state index in [0.29, 0.717) is 35.6 Å². The molecule has 23 heavy (non-hydrogen) atoms. The van der Waals surface area contributed by atoms with Crippen LogP contribution >= 0.6 is 11.6 Å². The standard InChI is InChI=1S/C16H22ClN5O/c1-11(2)10-20-16(18-3)19-9-8-14-21-15(22-23-14)12-4-6-13(17)7-5-12/h4-7,11H,8-10H2,1-3H3,(H2,18,19,20). The molecule has 6 nitrogen and oxygen atoms in total. The second-order valence-electron chi connectivity index (χ2n) is 5.54. The van der Waals surface area contributed by atoms with Crippen molar-refractivity contribution in [1.29, 1.82) is 0 Å². The molecule has 0 aliphatic rings. The van der Waals surface area contributed by atoms with Crippen LogP contribution in [-0.4, -0.2) is 36.2 Å². The zero-order valence-electron chi connectivity index (χ0n) is 13.6. The summed E-state index contributed by atoms with van der Waals surface area (Å²) in [7, 11) is 1.75. The molecule has 0 amide bonds. The van der Waals surface area contributed by atoms with Crippen LogP contribution < -0.4 is 10.6 Å². The average molecular weight is 336 g/mol. The minimum Gasteiger partial charge on any atom is -0.356 e. The van der Waals surface area contributed by atoms with Crippen LogP contribution in [0.4, 0.5) is 0 Å². The third kappa shape index (κ3) is 5.56. The van der Waals surface area contributed by atoms with Gasteiger partial charge in [0.05, 0.1) is 0 Å². The molecular formula is C16H22ClN5O. The smallest absolute Gasteiger partial charge is 0.228 e. The number of hydrogen-bond acceptors (Lipinski definition) is 4. The predicted molar refractivity (Wildman–Crippen MR) is 92.7 cm³/mol. The van der Waals surface area contributed by atoms with E-state index in [-0.39, 0.29) is 0 Å². The number of aromatic nitrogens is 2. The largest absolute Gasteiger partial charge is 0.356 e. The molecule has 2 aromatic rings. The maximum atomic E-state index is 5.87. The quantitative estimate of drug-likeness (QED) is 0.627. The first-order valence-electron chi connectivity index (χ1n) is 7.61. The molecular weight excluding hydrogens is 314 g/mol.